The van der Waals surface area contributed by atoms with Crippen LogP contribution in [0, 0.1) is 5.92 Å². The summed E-state index contributed by atoms with van der Waals surface area (Å²) < 4.78 is 5.21. The number of methoxy groups -OCH3 is 1. The molecule has 1 aliphatic carbocycles. The number of amides is 1. The summed E-state index contributed by atoms with van der Waals surface area (Å²) in [6, 6.07) is 8.71. The van der Waals surface area contributed by atoms with Crippen LogP contribution in [-0.4, -0.2) is 37.0 Å². The zero-order chi connectivity index (χ0) is 17.5. The maximum Gasteiger partial charge on any atom is 0.223 e. The molecule has 0 atom stereocenters. The molecule has 1 N–H and O–H groups in total. The lowest BCUT2D eigenvalue weighted by Gasteiger charge is -2.32. The van der Waals surface area contributed by atoms with Crippen LogP contribution in [0.3, 0.4) is 0 Å². The summed E-state index contributed by atoms with van der Waals surface area (Å²) in [5.74, 6) is 1.41. The average molecular weight is 344 g/mol. The molecule has 0 bridgehead atoms. The van der Waals surface area contributed by atoms with Crippen molar-refractivity contribution in [2.45, 2.75) is 64.0 Å². The van der Waals surface area contributed by atoms with E-state index in [-0.39, 0.29) is 5.92 Å². The van der Waals surface area contributed by atoms with Crippen molar-refractivity contribution in [1.29, 1.82) is 0 Å². The van der Waals surface area contributed by atoms with Crippen molar-refractivity contribution in [3.05, 3.63) is 29.8 Å². The second-order valence-electron chi connectivity index (χ2n) is 7.60. The van der Waals surface area contributed by atoms with Gasteiger partial charge in [-0.2, -0.15) is 0 Å². The lowest BCUT2D eigenvalue weighted by molar-refractivity contribution is -0.127. The van der Waals surface area contributed by atoms with Gasteiger partial charge in [-0.25, -0.2) is 0 Å². The third-order valence-electron chi connectivity index (χ3n) is 5.73. The van der Waals surface area contributed by atoms with Crippen molar-refractivity contribution in [1.82, 2.24) is 10.2 Å². The molecule has 1 aromatic carbocycles. The number of ether oxygens (including phenoxy) is 1. The second-order valence-corrected chi connectivity index (χ2v) is 7.60. The highest BCUT2D eigenvalue weighted by molar-refractivity contribution is 5.79. The Morgan fingerprint density at radius 1 is 1.04 bits per heavy atom. The molecule has 0 radical (unpaired) electrons. The Hall–Kier alpha value is -1.55. The molecule has 1 aliphatic heterocycles. The van der Waals surface area contributed by atoms with Gasteiger partial charge in [-0.05, 0) is 56.5 Å². The van der Waals surface area contributed by atoms with Gasteiger partial charge in [0.15, 0.2) is 0 Å². The van der Waals surface area contributed by atoms with Crippen LogP contribution < -0.4 is 10.1 Å². The molecular weight excluding hydrogens is 312 g/mol. The lowest BCUT2D eigenvalue weighted by atomic mass is 9.94. The van der Waals surface area contributed by atoms with Crippen molar-refractivity contribution in [3.8, 4) is 5.75 Å². The molecule has 25 heavy (non-hydrogen) atoms. The van der Waals surface area contributed by atoms with E-state index in [0.717, 1.165) is 38.2 Å². The van der Waals surface area contributed by atoms with Crippen molar-refractivity contribution < 1.29 is 9.53 Å². The molecule has 4 heteroatoms. The van der Waals surface area contributed by atoms with E-state index in [0.29, 0.717) is 11.9 Å². The van der Waals surface area contributed by atoms with Crippen LogP contribution in [0.25, 0.3) is 0 Å². The minimum Gasteiger partial charge on any atom is -0.497 e. The fourth-order valence-electron chi connectivity index (χ4n) is 4.09. The van der Waals surface area contributed by atoms with E-state index in [2.05, 4.69) is 22.3 Å². The Morgan fingerprint density at radius 2 is 1.68 bits per heavy atom. The highest BCUT2D eigenvalue weighted by Gasteiger charge is 2.26. The predicted octanol–water partition coefficient (Wildman–Crippen LogP) is 3.75. The van der Waals surface area contributed by atoms with Gasteiger partial charge in [0.25, 0.3) is 0 Å². The number of hydrogen-bond donors (Lipinski definition) is 1. The van der Waals surface area contributed by atoms with E-state index in [9.17, 15) is 4.79 Å². The van der Waals surface area contributed by atoms with Crippen LogP contribution in [0.1, 0.15) is 56.9 Å². The number of likely N-dealkylation sites (tertiary alicyclic amines) is 1. The molecule has 1 heterocycles. The Bertz CT molecular complexity index is 527. The molecule has 0 spiro atoms. The summed E-state index contributed by atoms with van der Waals surface area (Å²) in [6.07, 6.45) is 9.50. The summed E-state index contributed by atoms with van der Waals surface area (Å²) >= 11 is 0. The van der Waals surface area contributed by atoms with Crippen LogP contribution in [-0.2, 0) is 11.3 Å². The van der Waals surface area contributed by atoms with Crippen molar-refractivity contribution in [2.24, 2.45) is 5.92 Å². The molecule has 138 valence electrons. The molecule has 0 unspecified atom stereocenters. The Morgan fingerprint density at radius 3 is 2.28 bits per heavy atom. The molecule has 1 saturated heterocycles. The normalized spacial score (nSPS) is 20.8. The van der Waals surface area contributed by atoms with Gasteiger partial charge in [0, 0.05) is 18.5 Å². The van der Waals surface area contributed by atoms with Gasteiger partial charge in [0.1, 0.15) is 5.75 Å². The number of rotatable bonds is 5. The first kappa shape index (κ1) is 18.2. The van der Waals surface area contributed by atoms with Crippen LogP contribution in [0.4, 0.5) is 0 Å². The second kappa shape index (κ2) is 9.23. The SMILES string of the molecule is COc1ccc(CN2CCC(C(=O)NC3CCCCCC3)CC2)cc1. The molecule has 2 fully saturated rings. The highest BCUT2D eigenvalue weighted by Crippen LogP contribution is 2.22. The van der Waals surface area contributed by atoms with Crippen molar-refractivity contribution in [2.75, 3.05) is 20.2 Å². The summed E-state index contributed by atoms with van der Waals surface area (Å²) in [5.41, 5.74) is 1.31. The molecular formula is C21H32N2O2. The van der Waals surface area contributed by atoms with Gasteiger partial charge in [-0.1, -0.05) is 37.8 Å². The average Bonchev–Trinajstić information content (AvgIpc) is 2.91. The molecule has 1 saturated carbocycles. The minimum absolute atomic E-state index is 0.204. The predicted molar refractivity (Wildman–Crippen MR) is 101 cm³/mol. The lowest BCUT2D eigenvalue weighted by Crippen LogP contribution is -2.43. The first-order valence-electron chi connectivity index (χ1n) is 9.90. The third-order valence-corrected chi connectivity index (χ3v) is 5.73. The smallest absolute Gasteiger partial charge is 0.223 e. The monoisotopic (exact) mass is 344 g/mol. The van der Waals surface area contributed by atoms with E-state index in [4.69, 9.17) is 4.74 Å². The summed E-state index contributed by atoms with van der Waals surface area (Å²) in [5, 5.41) is 3.33. The Labute approximate surface area is 151 Å². The summed E-state index contributed by atoms with van der Waals surface area (Å²) in [6.45, 7) is 2.98. The van der Waals surface area contributed by atoms with E-state index < -0.39 is 0 Å². The van der Waals surface area contributed by atoms with Gasteiger partial charge in [0.2, 0.25) is 5.91 Å². The fraction of sp³-hybridized carbons (Fsp3) is 0.667. The van der Waals surface area contributed by atoms with Crippen LogP contribution >= 0.6 is 0 Å². The summed E-state index contributed by atoms with van der Waals surface area (Å²) in [4.78, 5) is 15.0. The molecule has 2 aliphatic rings. The van der Waals surface area contributed by atoms with Crippen LogP contribution in [0.15, 0.2) is 24.3 Å². The molecule has 1 amide bonds. The Balaban J connectivity index is 1.42. The molecule has 0 aromatic heterocycles. The number of nitrogens with one attached hydrogen (secondary N) is 1. The number of benzene rings is 1. The van der Waals surface area contributed by atoms with Crippen LogP contribution in [0.2, 0.25) is 0 Å². The number of piperidine rings is 1. The Kier molecular flexibility index (Phi) is 6.74. The maximum atomic E-state index is 12.6. The van der Waals surface area contributed by atoms with Crippen molar-refractivity contribution in [3.63, 3.8) is 0 Å². The first-order chi connectivity index (χ1) is 12.2. The van der Waals surface area contributed by atoms with Crippen molar-refractivity contribution >= 4 is 5.91 Å². The van der Waals surface area contributed by atoms with Gasteiger partial charge in [-0.15, -0.1) is 0 Å². The van der Waals surface area contributed by atoms with Gasteiger partial charge in [-0.3, -0.25) is 9.69 Å². The van der Waals surface area contributed by atoms with Gasteiger partial charge < -0.3 is 10.1 Å². The topological polar surface area (TPSA) is 41.6 Å². The number of carbonyl (C=O) groups excluding carboxylic acids is 1. The molecule has 3 rings (SSSR count). The van der Waals surface area contributed by atoms with E-state index in [1.807, 2.05) is 12.1 Å². The quantitative estimate of drug-likeness (QED) is 0.827. The summed E-state index contributed by atoms with van der Waals surface area (Å²) in [7, 11) is 1.69. The van der Waals surface area contributed by atoms with E-state index in [1.165, 1.54) is 44.1 Å². The number of nitrogens with zero attached hydrogens (tertiary/aromatic N) is 1. The fourth-order valence-corrected chi connectivity index (χ4v) is 4.09. The minimum atomic E-state index is 0.204. The number of hydrogen-bond acceptors (Lipinski definition) is 3. The van der Waals surface area contributed by atoms with E-state index in [1.54, 1.807) is 7.11 Å². The maximum absolute atomic E-state index is 12.6. The zero-order valence-electron chi connectivity index (χ0n) is 15.5. The van der Waals surface area contributed by atoms with Gasteiger partial charge in [0.05, 0.1) is 7.11 Å². The van der Waals surface area contributed by atoms with Gasteiger partial charge >= 0.3 is 0 Å². The third kappa shape index (κ3) is 5.46. The molecule has 1 aromatic rings. The highest BCUT2D eigenvalue weighted by atomic mass is 16.5. The first-order valence-corrected chi connectivity index (χ1v) is 9.90. The van der Waals surface area contributed by atoms with Crippen LogP contribution in [0.5, 0.6) is 5.75 Å². The standard InChI is InChI=1S/C21H32N2O2/c1-25-20-10-8-17(9-11-20)16-23-14-12-18(13-15-23)21(24)22-19-6-4-2-3-5-7-19/h8-11,18-19H,2-7,12-16H2,1H3,(H,22,24). The van der Waals surface area contributed by atoms with E-state index >= 15 is 0 Å². The zero-order valence-corrected chi connectivity index (χ0v) is 15.5. The largest absolute Gasteiger partial charge is 0.497 e. The number of carbonyl (C=O) groups is 1. The molecule has 4 nitrogen and oxygen atoms in total.